The fourth-order valence-corrected chi connectivity index (χ4v) is 4.25. The van der Waals surface area contributed by atoms with Gasteiger partial charge in [0.05, 0.1) is 0 Å². The molecule has 0 saturated heterocycles. The van der Waals surface area contributed by atoms with Gasteiger partial charge in [0.1, 0.15) is 0 Å². The van der Waals surface area contributed by atoms with Crippen LogP contribution < -0.4 is 4.46 Å². The second-order valence-electron chi connectivity index (χ2n) is 6.38. The third-order valence-corrected chi connectivity index (χ3v) is 5.62. The van der Waals surface area contributed by atoms with Gasteiger partial charge in [-0.2, -0.15) is 0 Å². The first kappa shape index (κ1) is 18.7. The molecule has 120 valence electrons. The van der Waals surface area contributed by atoms with Gasteiger partial charge in [-0.3, -0.25) is 0 Å². The molecule has 0 fully saturated rings. The van der Waals surface area contributed by atoms with E-state index in [-0.39, 0.29) is 11.9 Å². The maximum atomic E-state index is 5.94. The molecule has 21 heavy (non-hydrogen) atoms. The Balaban J connectivity index is 2.74. The Morgan fingerprint density at radius 2 is 1.81 bits per heavy atom. The predicted octanol–water partition coefficient (Wildman–Crippen LogP) is 2.84. The van der Waals surface area contributed by atoms with Gasteiger partial charge in [-0.15, -0.1) is 0 Å². The predicted molar refractivity (Wildman–Crippen MR) is 90.4 cm³/mol. The first-order chi connectivity index (χ1) is 9.74. The first-order valence-corrected chi connectivity index (χ1v) is 9.40. The maximum absolute atomic E-state index is 5.94. The molecule has 2 atom stereocenters. The summed E-state index contributed by atoms with van der Waals surface area (Å²) in [5.41, 5.74) is 1.24. The molecule has 0 bridgehead atoms. The Hall–Kier alpha value is -0.381. The Labute approximate surface area is 136 Å². The van der Waals surface area contributed by atoms with E-state index in [0.717, 1.165) is 5.32 Å². The number of rotatable bonds is 7. The van der Waals surface area contributed by atoms with E-state index in [9.17, 15) is 0 Å². The van der Waals surface area contributed by atoms with E-state index in [4.69, 9.17) is 9.47 Å². The average Bonchev–Trinajstić information content (AvgIpc) is 2.41. The van der Waals surface area contributed by atoms with Crippen molar-refractivity contribution in [3.8, 4) is 0 Å². The van der Waals surface area contributed by atoms with Crippen LogP contribution in [0, 0.1) is 0 Å². The molecule has 1 rings (SSSR count). The molecule has 0 unspecified atom stereocenters. The molecule has 4 heteroatoms. The van der Waals surface area contributed by atoms with Crippen LogP contribution in [0.2, 0.25) is 5.32 Å². The Kier molecular flexibility index (Phi) is 7.38. The van der Waals surface area contributed by atoms with Crippen LogP contribution in [0.15, 0.2) is 24.3 Å². The fraction of sp³-hybridized carbons (Fsp3) is 0.647. The number of nitrogens with zero attached hydrogens (tertiary/aromatic N) is 1. The van der Waals surface area contributed by atoms with Crippen molar-refractivity contribution >= 4 is 19.4 Å². The van der Waals surface area contributed by atoms with Crippen LogP contribution in [-0.4, -0.2) is 53.0 Å². The van der Waals surface area contributed by atoms with Crippen molar-refractivity contribution in [2.75, 3.05) is 21.2 Å². The zero-order chi connectivity index (χ0) is 16.0. The van der Waals surface area contributed by atoms with Crippen molar-refractivity contribution < 1.29 is 9.47 Å². The van der Waals surface area contributed by atoms with Gasteiger partial charge in [-0.1, -0.05) is 0 Å². The summed E-state index contributed by atoms with van der Waals surface area (Å²) in [4.78, 5) is 2.24. The van der Waals surface area contributed by atoms with E-state index in [0.29, 0.717) is 21.0 Å². The van der Waals surface area contributed by atoms with Gasteiger partial charge in [0, 0.05) is 0 Å². The molecule has 0 aliphatic heterocycles. The molecule has 0 radical (unpaired) electrons. The van der Waals surface area contributed by atoms with Crippen LogP contribution in [0.5, 0.6) is 0 Å². The van der Waals surface area contributed by atoms with Gasteiger partial charge in [-0.05, 0) is 0 Å². The number of methoxy groups -OCH3 is 1. The van der Waals surface area contributed by atoms with Crippen LogP contribution in [-0.2, 0) is 9.47 Å². The van der Waals surface area contributed by atoms with Crippen molar-refractivity contribution in [3.05, 3.63) is 29.8 Å². The topological polar surface area (TPSA) is 21.7 Å². The summed E-state index contributed by atoms with van der Waals surface area (Å²) in [5, 5.41) is 0.929. The summed E-state index contributed by atoms with van der Waals surface area (Å²) in [6.45, 7) is 8.44. The number of hydrogen-bond acceptors (Lipinski definition) is 3. The number of benzene rings is 1. The monoisotopic (exact) mass is 359 g/mol. The molecule has 0 spiro atoms. The molecular formula is C17H29NO2Se. The summed E-state index contributed by atoms with van der Waals surface area (Å²) < 4.78 is 12.9. The van der Waals surface area contributed by atoms with Gasteiger partial charge < -0.3 is 0 Å². The quantitative estimate of drug-likeness (QED) is 0.553. The van der Waals surface area contributed by atoms with Crippen molar-refractivity contribution in [1.29, 1.82) is 0 Å². The molecule has 0 aliphatic carbocycles. The van der Waals surface area contributed by atoms with E-state index < -0.39 is 0 Å². The van der Waals surface area contributed by atoms with E-state index >= 15 is 0 Å². The first-order valence-electron chi connectivity index (χ1n) is 7.33. The van der Waals surface area contributed by atoms with E-state index in [1.54, 1.807) is 7.11 Å². The van der Waals surface area contributed by atoms with E-state index in [2.05, 4.69) is 71.0 Å². The zero-order valence-electron chi connectivity index (χ0n) is 14.3. The van der Waals surface area contributed by atoms with Crippen LogP contribution in [0.25, 0.3) is 0 Å². The molecular weight excluding hydrogens is 329 g/mol. The summed E-state index contributed by atoms with van der Waals surface area (Å²) in [6.07, 6.45) is -0.132. The minimum atomic E-state index is -0.173. The second kappa shape index (κ2) is 8.30. The minimum absolute atomic E-state index is 0.132. The molecule has 0 N–H and O–H groups in total. The van der Waals surface area contributed by atoms with Gasteiger partial charge in [0.15, 0.2) is 0 Å². The average molecular weight is 358 g/mol. The summed E-state index contributed by atoms with van der Waals surface area (Å²) in [6, 6.07) is 9.13. The van der Waals surface area contributed by atoms with Crippen LogP contribution >= 0.6 is 0 Å². The molecule has 1 aromatic carbocycles. The van der Waals surface area contributed by atoms with Crippen LogP contribution in [0.1, 0.15) is 39.3 Å². The molecule has 0 heterocycles. The molecule has 3 nitrogen and oxygen atoms in total. The molecule has 0 aromatic heterocycles. The third-order valence-electron chi connectivity index (χ3n) is 3.27. The van der Waals surface area contributed by atoms with Gasteiger partial charge in [-0.25, -0.2) is 0 Å². The summed E-state index contributed by atoms with van der Waals surface area (Å²) in [5.74, 6) is 0. The van der Waals surface area contributed by atoms with Crippen LogP contribution in [0.3, 0.4) is 0 Å². The fourth-order valence-electron chi connectivity index (χ4n) is 1.94. The second-order valence-corrected chi connectivity index (χ2v) is 8.61. The number of ether oxygens (including phenoxy) is 2. The molecule has 1 aromatic rings. The van der Waals surface area contributed by atoms with E-state index in [1.807, 2.05) is 0 Å². The molecule has 0 aliphatic rings. The van der Waals surface area contributed by atoms with Crippen molar-refractivity contribution in [3.63, 3.8) is 0 Å². The van der Waals surface area contributed by atoms with Crippen molar-refractivity contribution in [2.45, 2.75) is 50.9 Å². The SMILES string of the molecule is CO[C@H](C[Se]c1ccccc1[C@@H](C)N(C)C)OC(C)(C)C. The Bertz CT molecular complexity index is 429. The molecule has 0 amide bonds. The summed E-state index contributed by atoms with van der Waals surface area (Å²) in [7, 11) is 5.96. The number of hydrogen-bond donors (Lipinski definition) is 0. The van der Waals surface area contributed by atoms with Gasteiger partial charge >= 0.3 is 136 Å². The zero-order valence-corrected chi connectivity index (χ0v) is 16.1. The standard InChI is InChI=1S/C17H29NO2Se/c1-13(18(5)6)14-10-8-9-11-15(14)21-12-16(19-7)20-17(2,3)4/h8-11,13,16H,12H2,1-7H3/t13-,16+/m1/s1. The van der Waals surface area contributed by atoms with E-state index in [1.165, 1.54) is 10.0 Å². The molecule has 0 saturated carbocycles. The van der Waals surface area contributed by atoms with Gasteiger partial charge in [0.2, 0.25) is 0 Å². The van der Waals surface area contributed by atoms with Crippen molar-refractivity contribution in [2.24, 2.45) is 0 Å². The van der Waals surface area contributed by atoms with Gasteiger partial charge in [0.25, 0.3) is 0 Å². The normalized spacial score (nSPS) is 15.2. The Morgan fingerprint density at radius 1 is 1.19 bits per heavy atom. The third kappa shape index (κ3) is 6.50. The van der Waals surface area contributed by atoms with Crippen molar-refractivity contribution in [1.82, 2.24) is 4.90 Å². The van der Waals surface area contributed by atoms with Crippen LogP contribution in [0.4, 0.5) is 0 Å². The Morgan fingerprint density at radius 3 is 2.33 bits per heavy atom. The summed E-state index contributed by atoms with van der Waals surface area (Å²) >= 11 is 0.340.